The molecule has 4 heteroatoms. The van der Waals surface area contributed by atoms with Crippen molar-refractivity contribution in [1.82, 2.24) is 5.32 Å². The molecular formula is C14H17BrClNO. The summed E-state index contributed by atoms with van der Waals surface area (Å²) in [5, 5.41) is 5.17. The molecule has 0 fully saturated rings. The lowest BCUT2D eigenvalue weighted by Gasteiger charge is -2.13. The Morgan fingerprint density at radius 1 is 1.33 bits per heavy atom. The molecule has 0 spiro atoms. The van der Waals surface area contributed by atoms with Crippen LogP contribution < -0.4 is 5.32 Å². The van der Waals surface area contributed by atoms with Gasteiger partial charge < -0.3 is 9.73 Å². The first-order chi connectivity index (χ1) is 8.65. The van der Waals surface area contributed by atoms with Crippen LogP contribution in [0, 0.1) is 0 Å². The van der Waals surface area contributed by atoms with E-state index in [2.05, 4.69) is 41.2 Å². The van der Waals surface area contributed by atoms with Crippen molar-refractivity contribution in [1.29, 1.82) is 0 Å². The van der Waals surface area contributed by atoms with E-state index in [1.807, 2.05) is 12.1 Å². The number of benzene rings is 1. The van der Waals surface area contributed by atoms with Crippen LogP contribution in [0.25, 0.3) is 11.0 Å². The largest absolute Gasteiger partial charge is 0.458 e. The smallest absolute Gasteiger partial charge is 0.153 e. The number of hydrogen-bond acceptors (Lipinski definition) is 2. The number of halogens is 2. The van der Waals surface area contributed by atoms with Crippen LogP contribution in [0.2, 0.25) is 5.02 Å². The first kappa shape index (κ1) is 13.9. The second-order valence-electron chi connectivity index (χ2n) is 4.37. The van der Waals surface area contributed by atoms with E-state index in [9.17, 15) is 0 Å². The van der Waals surface area contributed by atoms with Crippen molar-refractivity contribution in [2.24, 2.45) is 0 Å². The molecule has 0 amide bonds. The fraction of sp³-hybridized carbons (Fsp3) is 0.429. The fourth-order valence-electron chi connectivity index (χ4n) is 2.03. The van der Waals surface area contributed by atoms with Crippen LogP contribution >= 0.6 is 27.5 Å². The van der Waals surface area contributed by atoms with Gasteiger partial charge in [-0.3, -0.25) is 0 Å². The highest BCUT2D eigenvalue weighted by molar-refractivity contribution is 9.10. The molecule has 1 heterocycles. The SMILES string of the molecule is CCCNC(CC)c1cc2cc(Br)cc(Cl)c2o1. The fourth-order valence-corrected chi connectivity index (χ4v) is 2.90. The quantitative estimate of drug-likeness (QED) is 0.804. The zero-order valence-electron chi connectivity index (χ0n) is 10.6. The van der Waals surface area contributed by atoms with Gasteiger partial charge in [-0.2, -0.15) is 0 Å². The molecule has 0 saturated heterocycles. The summed E-state index contributed by atoms with van der Waals surface area (Å²) in [5.41, 5.74) is 0.770. The Morgan fingerprint density at radius 3 is 2.78 bits per heavy atom. The molecule has 2 aromatic rings. The van der Waals surface area contributed by atoms with Gasteiger partial charge in [0.05, 0.1) is 11.1 Å². The predicted molar refractivity (Wildman–Crippen MR) is 80.2 cm³/mol. The maximum Gasteiger partial charge on any atom is 0.153 e. The van der Waals surface area contributed by atoms with Crippen molar-refractivity contribution in [3.05, 3.63) is 33.5 Å². The number of furan rings is 1. The van der Waals surface area contributed by atoms with Crippen LogP contribution in [-0.4, -0.2) is 6.54 Å². The molecule has 0 aliphatic carbocycles. The highest BCUT2D eigenvalue weighted by Gasteiger charge is 2.15. The topological polar surface area (TPSA) is 25.2 Å². The van der Waals surface area contributed by atoms with Crippen LogP contribution in [0.15, 0.2) is 27.1 Å². The van der Waals surface area contributed by atoms with Crippen molar-refractivity contribution < 1.29 is 4.42 Å². The molecule has 1 aromatic carbocycles. The Morgan fingerprint density at radius 2 is 2.11 bits per heavy atom. The molecule has 1 unspecified atom stereocenters. The van der Waals surface area contributed by atoms with E-state index < -0.39 is 0 Å². The van der Waals surface area contributed by atoms with Crippen molar-refractivity contribution in [2.75, 3.05) is 6.54 Å². The maximum absolute atomic E-state index is 6.18. The van der Waals surface area contributed by atoms with Gasteiger partial charge in [-0.1, -0.05) is 41.4 Å². The average molecular weight is 331 g/mol. The second kappa shape index (κ2) is 6.09. The predicted octanol–water partition coefficient (Wildman–Crippen LogP) is 5.30. The van der Waals surface area contributed by atoms with E-state index >= 15 is 0 Å². The summed E-state index contributed by atoms with van der Waals surface area (Å²) in [5.74, 6) is 0.959. The number of rotatable bonds is 5. The van der Waals surface area contributed by atoms with E-state index in [0.29, 0.717) is 5.02 Å². The van der Waals surface area contributed by atoms with Gasteiger partial charge in [0, 0.05) is 9.86 Å². The Bertz CT molecular complexity index is 538. The standard InChI is InChI=1S/C14H17BrClNO/c1-3-5-17-12(4-2)13-7-9-6-10(15)8-11(16)14(9)18-13/h6-8,12,17H,3-5H2,1-2H3. The molecular weight excluding hydrogens is 314 g/mol. The van der Waals surface area contributed by atoms with Gasteiger partial charge in [-0.15, -0.1) is 0 Å². The molecule has 0 aliphatic heterocycles. The second-order valence-corrected chi connectivity index (χ2v) is 5.69. The summed E-state index contributed by atoms with van der Waals surface area (Å²) in [6.45, 7) is 5.30. The lowest BCUT2D eigenvalue weighted by atomic mass is 10.1. The molecule has 98 valence electrons. The Kier molecular flexibility index (Phi) is 4.71. The van der Waals surface area contributed by atoms with E-state index in [1.165, 1.54) is 0 Å². The summed E-state index contributed by atoms with van der Waals surface area (Å²) in [6.07, 6.45) is 2.11. The molecule has 0 bridgehead atoms. The third-order valence-electron chi connectivity index (χ3n) is 2.95. The highest BCUT2D eigenvalue weighted by Crippen LogP contribution is 2.33. The minimum absolute atomic E-state index is 0.257. The van der Waals surface area contributed by atoms with Crippen molar-refractivity contribution in [3.63, 3.8) is 0 Å². The van der Waals surface area contributed by atoms with Crippen LogP contribution in [-0.2, 0) is 0 Å². The Balaban J connectivity index is 2.36. The molecule has 18 heavy (non-hydrogen) atoms. The molecule has 2 rings (SSSR count). The normalized spacial score (nSPS) is 13.1. The Labute approximate surface area is 121 Å². The average Bonchev–Trinajstić information content (AvgIpc) is 2.74. The van der Waals surface area contributed by atoms with E-state index in [0.717, 1.165) is 40.6 Å². The summed E-state index contributed by atoms with van der Waals surface area (Å²) in [4.78, 5) is 0. The molecule has 1 atom stereocenters. The molecule has 0 aliphatic rings. The monoisotopic (exact) mass is 329 g/mol. The highest BCUT2D eigenvalue weighted by atomic mass is 79.9. The van der Waals surface area contributed by atoms with Gasteiger partial charge in [-0.05, 0) is 37.6 Å². The lowest BCUT2D eigenvalue weighted by Crippen LogP contribution is -2.20. The zero-order valence-corrected chi connectivity index (χ0v) is 12.9. The summed E-state index contributed by atoms with van der Waals surface area (Å²) in [6, 6.07) is 6.22. The van der Waals surface area contributed by atoms with Gasteiger partial charge in [-0.25, -0.2) is 0 Å². The minimum atomic E-state index is 0.257. The zero-order chi connectivity index (χ0) is 13.1. The summed E-state index contributed by atoms with van der Waals surface area (Å²) < 4.78 is 6.86. The first-order valence-corrected chi connectivity index (χ1v) is 7.44. The van der Waals surface area contributed by atoms with Crippen LogP contribution in [0.1, 0.15) is 38.5 Å². The lowest BCUT2D eigenvalue weighted by molar-refractivity contribution is 0.421. The van der Waals surface area contributed by atoms with Crippen molar-refractivity contribution in [2.45, 2.75) is 32.7 Å². The van der Waals surface area contributed by atoms with Gasteiger partial charge in [0.1, 0.15) is 5.76 Å². The van der Waals surface area contributed by atoms with Crippen LogP contribution in [0.4, 0.5) is 0 Å². The molecule has 2 nitrogen and oxygen atoms in total. The molecule has 1 N–H and O–H groups in total. The van der Waals surface area contributed by atoms with Gasteiger partial charge in [0.25, 0.3) is 0 Å². The summed E-state index contributed by atoms with van der Waals surface area (Å²) in [7, 11) is 0. The molecule has 1 aromatic heterocycles. The van der Waals surface area contributed by atoms with Crippen LogP contribution in [0.5, 0.6) is 0 Å². The summed E-state index contributed by atoms with van der Waals surface area (Å²) >= 11 is 9.63. The van der Waals surface area contributed by atoms with Gasteiger partial charge in [0.2, 0.25) is 0 Å². The maximum atomic E-state index is 6.18. The van der Waals surface area contributed by atoms with E-state index in [1.54, 1.807) is 0 Å². The van der Waals surface area contributed by atoms with Crippen molar-refractivity contribution in [3.8, 4) is 0 Å². The third kappa shape index (κ3) is 2.90. The van der Waals surface area contributed by atoms with Gasteiger partial charge >= 0.3 is 0 Å². The molecule has 0 saturated carbocycles. The number of fused-ring (bicyclic) bond motifs is 1. The van der Waals surface area contributed by atoms with E-state index in [-0.39, 0.29) is 6.04 Å². The third-order valence-corrected chi connectivity index (χ3v) is 3.69. The van der Waals surface area contributed by atoms with Crippen LogP contribution in [0.3, 0.4) is 0 Å². The van der Waals surface area contributed by atoms with Crippen molar-refractivity contribution >= 4 is 38.5 Å². The number of hydrogen-bond donors (Lipinski definition) is 1. The Hall–Kier alpha value is -0.510. The minimum Gasteiger partial charge on any atom is -0.458 e. The molecule has 0 radical (unpaired) electrons. The first-order valence-electron chi connectivity index (χ1n) is 6.27. The number of nitrogens with one attached hydrogen (secondary N) is 1. The van der Waals surface area contributed by atoms with Gasteiger partial charge in [0.15, 0.2) is 5.58 Å². The van der Waals surface area contributed by atoms with E-state index in [4.69, 9.17) is 16.0 Å².